The number of rotatable bonds is 3. The summed E-state index contributed by atoms with van der Waals surface area (Å²) in [6.07, 6.45) is 10.1. The molecule has 2 aliphatic carbocycles. The predicted molar refractivity (Wildman–Crippen MR) is 201 cm³/mol. The van der Waals surface area contributed by atoms with Gasteiger partial charge in [0.2, 0.25) is 5.88 Å². The second kappa shape index (κ2) is 14.4. The van der Waals surface area contributed by atoms with Gasteiger partial charge in [-0.05, 0) is 91.3 Å². The van der Waals surface area contributed by atoms with Crippen molar-refractivity contribution < 1.29 is 32.7 Å². The van der Waals surface area contributed by atoms with Crippen molar-refractivity contribution in [1.29, 1.82) is 0 Å². The first-order valence-corrected chi connectivity index (χ1v) is 20.5. The lowest BCUT2D eigenvalue weighted by Crippen LogP contribution is -2.48. The van der Waals surface area contributed by atoms with E-state index < -0.39 is 33.8 Å². The van der Waals surface area contributed by atoms with Crippen LogP contribution in [0, 0.1) is 17.8 Å². The second-order valence-electron chi connectivity index (χ2n) is 15.2. The van der Waals surface area contributed by atoms with Crippen molar-refractivity contribution in [1.82, 2.24) is 14.5 Å². The molecule has 3 aromatic rings. The number of benzene rings is 2. The number of anilines is 1. The van der Waals surface area contributed by atoms with E-state index in [0.29, 0.717) is 44.0 Å². The Bertz CT molecular complexity index is 2080. The molecule has 1 saturated heterocycles. The third kappa shape index (κ3) is 7.08. The molecule has 14 heteroatoms. The molecule has 1 spiro atoms. The average Bonchev–Trinajstić information content (AvgIpc) is 3.45. The minimum absolute atomic E-state index is 0.0661. The summed E-state index contributed by atoms with van der Waals surface area (Å²) in [6.45, 7) is 4.67. The summed E-state index contributed by atoms with van der Waals surface area (Å²) < 4.78 is 47.6. The highest BCUT2D eigenvalue weighted by Gasteiger charge is 2.44. The Morgan fingerprint density at radius 1 is 1.13 bits per heavy atom. The van der Waals surface area contributed by atoms with Crippen molar-refractivity contribution in [2.75, 3.05) is 50.7 Å². The fourth-order valence-corrected chi connectivity index (χ4v) is 10.9. The zero-order valence-electron chi connectivity index (χ0n) is 30.3. The summed E-state index contributed by atoms with van der Waals surface area (Å²) in [5.41, 5.74) is 3.38. The van der Waals surface area contributed by atoms with Crippen LogP contribution in [-0.4, -0.2) is 83.8 Å². The maximum absolute atomic E-state index is 14.9. The number of nitrogens with zero attached hydrogens (tertiary/aromatic N) is 4. The number of nitrogens with one attached hydrogen (secondary N) is 1. The largest absolute Gasteiger partial charge is 0.490 e. The van der Waals surface area contributed by atoms with Gasteiger partial charge in [-0.2, -0.15) is 0 Å². The molecule has 8 rings (SSSR count). The van der Waals surface area contributed by atoms with Crippen LogP contribution < -0.4 is 19.1 Å². The standard InChI is InChI=1S/C39H46ClN5O7S/c1-24-21-53(48,43-37(47)30-20-44(2)41-38(30)49-3)42-36(46)27-9-12-33-32(18-27)45(19-28-7-6-25(28)8-13-34-35(24)51-16-15-50-34)22-39(23-52-33)14-4-5-26-17-29(40)10-11-31(26)39/h8-13,17-18,20,24-25,28,34-35H,4-7,14-16,19,21-23H2,1-3H3,(H,42,43,46,47,48)/b13-8-/t24-,25+,28+,34-,35-,39+,53?/m1/s1. The Morgan fingerprint density at radius 3 is 2.79 bits per heavy atom. The first-order chi connectivity index (χ1) is 25.5. The van der Waals surface area contributed by atoms with Gasteiger partial charge < -0.3 is 23.8 Å². The van der Waals surface area contributed by atoms with E-state index in [4.69, 9.17) is 30.5 Å². The molecule has 4 heterocycles. The number of carbonyl (C=O) groups is 2. The van der Waals surface area contributed by atoms with E-state index in [0.717, 1.165) is 49.4 Å². The van der Waals surface area contributed by atoms with Crippen LogP contribution in [0.2, 0.25) is 5.02 Å². The zero-order chi connectivity index (χ0) is 36.9. The Labute approximate surface area is 315 Å². The SMILES string of the molecule is COc1nn(C)cc1C(=O)NS1(=O)=NC(=O)c2ccc3c(c2)N(C[C@@H]2CC[C@H]2/C=C\[C@H]2OCCO[C@@H]2[C@H](C)C1)C[C@@]1(CCCc2cc(Cl)ccc21)CO3. The van der Waals surface area contributed by atoms with E-state index in [1.807, 2.05) is 25.1 Å². The Kier molecular flexibility index (Phi) is 9.80. The molecule has 2 amide bonds. The maximum atomic E-state index is 14.9. The van der Waals surface area contributed by atoms with E-state index in [1.54, 1.807) is 13.1 Å². The van der Waals surface area contributed by atoms with E-state index in [-0.39, 0.29) is 34.3 Å². The normalized spacial score (nSPS) is 31.7. The number of ether oxygens (including phenoxy) is 4. The Hall–Kier alpha value is -3.91. The number of halogens is 1. The Balaban J connectivity index is 1.22. The molecule has 1 aromatic heterocycles. The summed E-state index contributed by atoms with van der Waals surface area (Å²) in [5.74, 6) is -0.496. The van der Waals surface area contributed by atoms with Crippen LogP contribution in [0.5, 0.6) is 11.6 Å². The molecule has 12 nitrogen and oxygen atoms in total. The van der Waals surface area contributed by atoms with Crippen LogP contribution >= 0.6 is 11.6 Å². The second-order valence-corrected chi connectivity index (χ2v) is 17.6. The summed E-state index contributed by atoms with van der Waals surface area (Å²) >= 11 is 6.46. The number of fused-ring (bicyclic) bond motifs is 5. The third-order valence-electron chi connectivity index (χ3n) is 11.6. The average molecular weight is 764 g/mol. The first kappa shape index (κ1) is 36.1. The van der Waals surface area contributed by atoms with Crippen LogP contribution in [0.3, 0.4) is 0 Å². The molecule has 1 N–H and O–H groups in total. The van der Waals surface area contributed by atoms with E-state index in [1.165, 1.54) is 29.1 Å². The summed E-state index contributed by atoms with van der Waals surface area (Å²) in [5, 5.41) is 4.90. The lowest BCUT2D eigenvalue weighted by atomic mass is 9.69. The van der Waals surface area contributed by atoms with Gasteiger partial charge in [-0.1, -0.05) is 36.7 Å². The topological polar surface area (TPSA) is 134 Å². The molecule has 53 heavy (non-hydrogen) atoms. The number of hydrogen-bond acceptors (Lipinski definition) is 9. The molecule has 282 valence electrons. The quantitative estimate of drug-likeness (QED) is 0.342. The van der Waals surface area contributed by atoms with Crippen molar-refractivity contribution in [2.24, 2.45) is 29.2 Å². The first-order valence-electron chi connectivity index (χ1n) is 18.4. The molecular weight excluding hydrogens is 718 g/mol. The van der Waals surface area contributed by atoms with Gasteiger partial charge in [0, 0.05) is 42.3 Å². The highest BCUT2D eigenvalue weighted by molar-refractivity contribution is 7.92. The van der Waals surface area contributed by atoms with Crippen molar-refractivity contribution >= 4 is 39.0 Å². The highest BCUT2D eigenvalue weighted by atomic mass is 35.5. The van der Waals surface area contributed by atoms with Crippen molar-refractivity contribution in [2.45, 2.75) is 56.7 Å². The molecular formula is C39H46ClN5O7S. The predicted octanol–water partition coefficient (Wildman–Crippen LogP) is 5.52. The number of amides is 2. The molecule has 7 atom stereocenters. The molecule has 0 radical (unpaired) electrons. The van der Waals surface area contributed by atoms with Crippen LogP contribution in [0.15, 0.2) is 59.1 Å². The molecule has 1 unspecified atom stereocenters. The molecule has 2 aromatic carbocycles. The Morgan fingerprint density at radius 2 is 1.98 bits per heavy atom. The number of aromatic nitrogens is 2. The zero-order valence-corrected chi connectivity index (χ0v) is 31.9. The number of allylic oxidation sites excluding steroid dienone is 1. The smallest absolute Gasteiger partial charge is 0.286 e. The number of aryl methyl sites for hydroxylation is 2. The third-order valence-corrected chi connectivity index (χ3v) is 13.7. The van der Waals surface area contributed by atoms with Crippen LogP contribution in [0.25, 0.3) is 0 Å². The van der Waals surface area contributed by atoms with Crippen LogP contribution in [0.1, 0.15) is 64.4 Å². The molecule has 1 saturated carbocycles. The fraction of sp³-hybridized carbons (Fsp3) is 0.513. The highest BCUT2D eigenvalue weighted by Crippen LogP contribution is 2.46. The van der Waals surface area contributed by atoms with Crippen molar-refractivity contribution in [3.8, 4) is 11.6 Å². The summed E-state index contributed by atoms with van der Waals surface area (Å²) in [4.78, 5) is 30.2. The van der Waals surface area contributed by atoms with E-state index in [2.05, 4.69) is 43.4 Å². The summed E-state index contributed by atoms with van der Waals surface area (Å²) in [6, 6.07) is 11.5. The summed E-state index contributed by atoms with van der Waals surface area (Å²) in [7, 11) is -0.670. The monoisotopic (exact) mass is 763 g/mol. The molecule has 5 aliphatic rings. The van der Waals surface area contributed by atoms with Crippen molar-refractivity contribution in [3.63, 3.8) is 0 Å². The van der Waals surface area contributed by atoms with E-state index in [9.17, 15) is 13.8 Å². The minimum atomic E-state index is -3.72. The van der Waals surface area contributed by atoms with Gasteiger partial charge in [-0.25, -0.2) is 4.21 Å². The van der Waals surface area contributed by atoms with Gasteiger partial charge in [-0.3, -0.25) is 19.0 Å². The number of hydrogen-bond donors (Lipinski definition) is 1. The van der Waals surface area contributed by atoms with E-state index >= 15 is 0 Å². The number of carbonyl (C=O) groups excluding carboxylic acids is 2. The van der Waals surface area contributed by atoms with Crippen LogP contribution in [-0.2, 0) is 38.3 Å². The van der Waals surface area contributed by atoms with Gasteiger partial charge in [0.05, 0.1) is 44.5 Å². The van der Waals surface area contributed by atoms with Gasteiger partial charge in [0.1, 0.15) is 27.3 Å². The van der Waals surface area contributed by atoms with Gasteiger partial charge in [0.15, 0.2) is 0 Å². The van der Waals surface area contributed by atoms with Gasteiger partial charge >= 0.3 is 0 Å². The molecule has 3 aliphatic heterocycles. The number of methoxy groups -OCH3 is 1. The van der Waals surface area contributed by atoms with Crippen molar-refractivity contribution in [3.05, 3.63) is 82.0 Å². The lowest BCUT2D eigenvalue weighted by Gasteiger charge is -2.44. The fourth-order valence-electron chi connectivity index (χ4n) is 8.78. The molecule has 2 bridgehead atoms. The minimum Gasteiger partial charge on any atom is -0.490 e. The lowest BCUT2D eigenvalue weighted by molar-refractivity contribution is -0.136. The molecule has 2 fully saturated rings. The maximum Gasteiger partial charge on any atom is 0.286 e. The van der Waals surface area contributed by atoms with Crippen LogP contribution in [0.4, 0.5) is 5.69 Å². The van der Waals surface area contributed by atoms with Gasteiger partial charge in [0.25, 0.3) is 11.8 Å². The van der Waals surface area contributed by atoms with Gasteiger partial charge in [-0.15, -0.1) is 9.46 Å².